The van der Waals surface area contributed by atoms with Crippen LogP contribution in [0.25, 0.3) is 0 Å². The number of aliphatic hydroxyl groups is 2. The molecule has 0 aromatic heterocycles. The van der Waals surface area contributed by atoms with Gasteiger partial charge >= 0.3 is 0 Å². The molecule has 0 aromatic carbocycles. The van der Waals surface area contributed by atoms with Crippen LogP contribution in [0.15, 0.2) is 24.6 Å². The van der Waals surface area contributed by atoms with Gasteiger partial charge in [-0.2, -0.15) is 0 Å². The predicted molar refractivity (Wildman–Crippen MR) is 76.3 cm³/mol. The predicted octanol–water partition coefficient (Wildman–Crippen LogP) is 0.280. The van der Waals surface area contributed by atoms with Gasteiger partial charge in [-0.3, -0.25) is 9.59 Å². The third-order valence-corrected chi connectivity index (χ3v) is 2.55. The summed E-state index contributed by atoms with van der Waals surface area (Å²) in [6, 6.07) is 0. The minimum absolute atomic E-state index is 0.157. The van der Waals surface area contributed by atoms with Gasteiger partial charge in [0.2, 0.25) is 0 Å². The van der Waals surface area contributed by atoms with Crippen LogP contribution in [0.5, 0.6) is 0 Å². The number of amides is 2. The number of rotatable bonds is 7. The maximum atomic E-state index is 11.4. The number of allylic oxidation sites excluding steroid dienone is 2. The number of nitrogens with one attached hydrogen (secondary N) is 2. The van der Waals surface area contributed by atoms with Crippen LogP contribution in [0.2, 0.25) is 0 Å². The first-order valence-electron chi connectivity index (χ1n) is 6.56. The molecule has 0 rings (SSSR count). The Labute approximate surface area is 119 Å². The molecular formula is C14H24N2O4. The number of carbonyl (C=O) groups is 2. The van der Waals surface area contributed by atoms with Crippen LogP contribution in [0, 0.1) is 11.8 Å². The zero-order chi connectivity index (χ0) is 15.7. The van der Waals surface area contributed by atoms with Crippen LogP contribution in [-0.4, -0.2) is 34.2 Å². The summed E-state index contributed by atoms with van der Waals surface area (Å²) in [6.45, 7) is 6.96. The smallest absolute Gasteiger partial charge is 0.253 e. The minimum Gasteiger partial charge on any atom is -0.383 e. The molecular weight excluding hydrogens is 260 g/mol. The van der Waals surface area contributed by atoms with Gasteiger partial charge < -0.3 is 20.8 Å². The second-order valence-corrected chi connectivity index (χ2v) is 5.11. The van der Waals surface area contributed by atoms with Crippen molar-refractivity contribution in [2.24, 2.45) is 11.8 Å². The molecule has 0 saturated heterocycles. The summed E-state index contributed by atoms with van der Waals surface area (Å²) in [4.78, 5) is 22.7. The fourth-order valence-electron chi connectivity index (χ4n) is 1.15. The largest absolute Gasteiger partial charge is 0.383 e. The summed E-state index contributed by atoms with van der Waals surface area (Å²) in [5.74, 6) is -1.28. The van der Waals surface area contributed by atoms with Crippen molar-refractivity contribution in [1.29, 1.82) is 0 Å². The molecule has 0 bridgehead atoms. The molecule has 0 aliphatic heterocycles. The van der Waals surface area contributed by atoms with Crippen molar-refractivity contribution < 1.29 is 19.8 Å². The standard InChI is InChI=1S/C14H24N2O4/c1-9(2)11(17)13(19)15-7-5-6-8-16-14(20)12(18)10(3)4/h5-12,17-18H,1-4H3,(H,15,19)(H,16,20)/b7-5-,8-6-/t11-,12+. The molecule has 0 spiro atoms. The zero-order valence-electron chi connectivity index (χ0n) is 12.3. The van der Waals surface area contributed by atoms with E-state index < -0.39 is 24.0 Å². The van der Waals surface area contributed by atoms with E-state index in [-0.39, 0.29) is 11.8 Å². The van der Waals surface area contributed by atoms with Crippen LogP contribution in [0.4, 0.5) is 0 Å². The average Bonchev–Trinajstić information content (AvgIpc) is 2.39. The normalized spacial score (nSPS) is 15.0. The Bertz CT molecular complexity index is 339. The Hall–Kier alpha value is -1.66. The first kappa shape index (κ1) is 18.3. The number of carbonyl (C=O) groups excluding carboxylic acids is 2. The van der Waals surface area contributed by atoms with Crippen LogP contribution in [0.3, 0.4) is 0 Å². The zero-order valence-corrected chi connectivity index (χ0v) is 12.3. The highest BCUT2D eigenvalue weighted by Gasteiger charge is 2.17. The van der Waals surface area contributed by atoms with Gasteiger partial charge in [0.05, 0.1) is 0 Å². The first-order valence-corrected chi connectivity index (χ1v) is 6.56. The highest BCUT2D eigenvalue weighted by atomic mass is 16.3. The van der Waals surface area contributed by atoms with E-state index in [4.69, 9.17) is 0 Å². The average molecular weight is 284 g/mol. The highest BCUT2D eigenvalue weighted by Crippen LogP contribution is 2.01. The Balaban J connectivity index is 4.05. The molecule has 6 heteroatoms. The van der Waals surface area contributed by atoms with E-state index in [9.17, 15) is 19.8 Å². The van der Waals surface area contributed by atoms with E-state index in [2.05, 4.69) is 10.6 Å². The summed E-state index contributed by atoms with van der Waals surface area (Å²) in [5.41, 5.74) is 0. The monoisotopic (exact) mass is 284 g/mol. The molecule has 0 radical (unpaired) electrons. The second-order valence-electron chi connectivity index (χ2n) is 5.11. The van der Waals surface area contributed by atoms with E-state index in [0.717, 1.165) is 0 Å². The molecule has 0 fully saturated rings. The van der Waals surface area contributed by atoms with Gasteiger partial charge in [-0.15, -0.1) is 0 Å². The maximum absolute atomic E-state index is 11.4. The lowest BCUT2D eigenvalue weighted by atomic mass is 10.1. The molecule has 0 aliphatic rings. The third kappa shape index (κ3) is 7.06. The van der Waals surface area contributed by atoms with Gasteiger partial charge in [0.1, 0.15) is 12.2 Å². The lowest BCUT2D eigenvalue weighted by Gasteiger charge is -2.12. The quantitative estimate of drug-likeness (QED) is 0.505. The Kier molecular flexibility index (Phi) is 8.51. The van der Waals surface area contributed by atoms with Crippen LogP contribution in [-0.2, 0) is 9.59 Å². The fraction of sp³-hybridized carbons (Fsp3) is 0.571. The van der Waals surface area contributed by atoms with Crippen molar-refractivity contribution in [2.75, 3.05) is 0 Å². The SMILES string of the molecule is CC(C)[C@H](O)C(=O)N/C=C\C=C/NC(=O)[C@H](O)C(C)C. The summed E-state index contributed by atoms with van der Waals surface area (Å²) in [7, 11) is 0. The fourth-order valence-corrected chi connectivity index (χ4v) is 1.15. The van der Waals surface area contributed by atoms with Crippen molar-refractivity contribution in [2.45, 2.75) is 39.9 Å². The minimum atomic E-state index is -1.05. The molecule has 0 aromatic rings. The summed E-state index contributed by atoms with van der Waals surface area (Å²) in [5, 5.41) is 23.7. The number of aliphatic hydroxyl groups excluding tert-OH is 2. The molecule has 114 valence electrons. The van der Waals surface area contributed by atoms with Gasteiger partial charge in [0.25, 0.3) is 11.8 Å². The van der Waals surface area contributed by atoms with E-state index in [1.165, 1.54) is 24.6 Å². The Morgan fingerprint density at radius 2 is 1.10 bits per heavy atom. The molecule has 0 heterocycles. The second kappa shape index (κ2) is 9.28. The lowest BCUT2D eigenvalue weighted by molar-refractivity contribution is -0.131. The van der Waals surface area contributed by atoms with Crippen molar-refractivity contribution >= 4 is 11.8 Å². The maximum Gasteiger partial charge on any atom is 0.253 e. The third-order valence-electron chi connectivity index (χ3n) is 2.55. The molecule has 0 aliphatic carbocycles. The first-order chi connectivity index (χ1) is 9.27. The van der Waals surface area contributed by atoms with Gasteiger partial charge in [0, 0.05) is 12.4 Å². The molecule has 4 N–H and O–H groups in total. The molecule has 20 heavy (non-hydrogen) atoms. The van der Waals surface area contributed by atoms with E-state index in [0.29, 0.717) is 0 Å². The van der Waals surface area contributed by atoms with E-state index >= 15 is 0 Å². The summed E-state index contributed by atoms with van der Waals surface area (Å²) >= 11 is 0. The van der Waals surface area contributed by atoms with E-state index in [1.54, 1.807) is 27.7 Å². The van der Waals surface area contributed by atoms with Crippen LogP contribution < -0.4 is 10.6 Å². The topological polar surface area (TPSA) is 98.7 Å². The Morgan fingerprint density at radius 1 is 0.800 bits per heavy atom. The van der Waals surface area contributed by atoms with Crippen molar-refractivity contribution in [3.63, 3.8) is 0 Å². The molecule has 2 atom stereocenters. The number of hydrogen-bond donors (Lipinski definition) is 4. The molecule has 0 unspecified atom stereocenters. The van der Waals surface area contributed by atoms with Crippen molar-refractivity contribution in [3.05, 3.63) is 24.6 Å². The summed E-state index contributed by atoms with van der Waals surface area (Å²) in [6.07, 6.45) is 3.60. The number of hydrogen-bond acceptors (Lipinski definition) is 4. The van der Waals surface area contributed by atoms with Crippen molar-refractivity contribution in [1.82, 2.24) is 10.6 Å². The highest BCUT2D eigenvalue weighted by molar-refractivity contribution is 5.82. The molecule has 0 saturated carbocycles. The molecule has 2 amide bonds. The van der Waals surface area contributed by atoms with E-state index in [1.807, 2.05) is 0 Å². The van der Waals surface area contributed by atoms with Gasteiger partial charge in [0.15, 0.2) is 0 Å². The van der Waals surface area contributed by atoms with Crippen molar-refractivity contribution in [3.8, 4) is 0 Å². The van der Waals surface area contributed by atoms with Gasteiger partial charge in [-0.1, -0.05) is 27.7 Å². The van der Waals surface area contributed by atoms with Gasteiger partial charge in [-0.25, -0.2) is 0 Å². The van der Waals surface area contributed by atoms with Gasteiger partial charge in [-0.05, 0) is 24.0 Å². The lowest BCUT2D eigenvalue weighted by Crippen LogP contribution is -2.35. The van der Waals surface area contributed by atoms with Crippen LogP contribution >= 0.6 is 0 Å². The summed E-state index contributed by atoms with van der Waals surface area (Å²) < 4.78 is 0. The van der Waals surface area contributed by atoms with Crippen LogP contribution in [0.1, 0.15) is 27.7 Å². The Morgan fingerprint density at radius 3 is 1.35 bits per heavy atom. The molecule has 6 nitrogen and oxygen atoms in total.